The van der Waals surface area contributed by atoms with E-state index in [9.17, 15) is 33.9 Å². The number of carbonyl (C=O) groups is 6. The number of amides is 2. The molecule has 0 aromatic carbocycles. The number of carboxylic acid groups (broad SMARTS) is 2. The van der Waals surface area contributed by atoms with Crippen molar-refractivity contribution >= 4 is 46.4 Å². The molecule has 1 aliphatic heterocycles. The van der Waals surface area contributed by atoms with E-state index in [2.05, 4.69) is 10.6 Å². The zero-order chi connectivity index (χ0) is 29.7. The number of Topliss-reactive ketones (excluding diaryl/α,β-unsaturated/α-hetero) is 1. The molecule has 7 atom stereocenters. The Kier molecular flexibility index (Phi) is 10.5. The number of aliphatic carboxylic acids is 2. The van der Waals surface area contributed by atoms with E-state index in [4.69, 9.17) is 20.7 Å². The Hall–Kier alpha value is -2.81. The second kappa shape index (κ2) is 13.2. The van der Waals surface area contributed by atoms with Crippen LogP contribution in [0.5, 0.6) is 0 Å². The summed E-state index contributed by atoms with van der Waals surface area (Å²) in [5.41, 5.74) is 2.59. The van der Waals surface area contributed by atoms with Crippen molar-refractivity contribution < 1.29 is 48.8 Å². The molecule has 13 nitrogen and oxygen atoms in total. The predicted molar refractivity (Wildman–Crippen MR) is 142 cm³/mol. The monoisotopic (exact) mass is 583 g/mol. The van der Waals surface area contributed by atoms with Crippen molar-refractivity contribution in [2.45, 2.75) is 75.7 Å². The van der Waals surface area contributed by atoms with Crippen LogP contribution < -0.4 is 16.4 Å². The Balaban J connectivity index is 1.82. The molecule has 2 amide bonds. The minimum absolute atomic E-state index is 0.174. The second-order valence-electron chi connectivity index (χ2n) is 10.7. The zero-order valence-electron chi connectivity index (χ0n) is 22.3. The van der Waals surface area contributed by atoms with Gasteiger partial charge in [-0.2, -0.15) is 0 Å². The molecule has 0 radical (unpaired) electrons. The molecular weight excluding hydrogens is 546 g/mol. The van der Waals surface area contributed by atoms with Gasteiger partial charge in [0.15, 0.2) is 0 Å². The highest BCUT2D eigenvalue weighted by Gasteiger charge is 2.71. The summed E-state index contributed by atoms with van der Waals surface area (Å²) >= 11 is 0.659. The molecule has 1 saturated heterocycles. The topological polar surface area (TPSA) is 222 Å². The molecule has 5 unspecified atom stereocenters. The highest BCUT2D eigenvalue weighted by Crippen LogP contribution is 2.59. The minimum atomic E-state index is -1.59. The lowest BCUT2D eigenvalue weighted by molar-refractivity contribution is -0.162. The number of thioether (sulfide) groups is 1. The van der Waals surface area contributed by atoms with E-state index < -0.39 is 70.5 Å². The quantitative estimate of drug-likeness (QED) is 0.152. The summed E-state index contributed by atoms with van der Waals surface area (Å²) in [5.74, 6) is -5.65. The molecule has 7 N–H and O–H groups in total. The van der Waals surface area contributed by atoms with Gasteiger partial charge in [0.2, 0.25) is 16.9 Å². The SMILES string of the molecule is C[C@]12OCC[C@H]1C(=O)CC2(C(=O)SCC(NC(=O)CCC(N)C(=O)O)C(=O)NCC(=O)O)C(O)C1C=CCCC1. The number of aliphatic hydroxyl groups is 1. The Bertz CT molecular complexity index is 1070. The van der Waals surface area contributed by atoms with Crippen LogP contribution in [-0.2, 0) is 33.5 Å². The summed E-state index contributed by atoms with van der Waals surface area (Å²) in [5, 5.41) is 33.5. The van der Waals surface area contributed by atoms with Crippen LogP contribution in [0.2, 0.25) is 0 Å². The van der Waals surface area contributed by atoms with E-state index in [-0.39, 0.29) is 43.3 Å². The number of ether oxygens (including phenoxy) is 1. The molecule has 222 valence electrons. The lowest BCUT2D eigenvalue weighted by atomic mass is 9.65. The number of carboxylic acids is 2. The number of ketones is 1. The zero-order valence-corrected chi connectivity index (χ0v) is 23.1. The van der Waals surface area contributed by atoms with Gasteiger partial charge in [-0.15, -0.1) is 0 Å². The van der Waals surface area contributed by atoms with E-state index in [1.807, 2.05) is 12.2 Å². The van der Waals surface area contributed by atoms with Crippen LogP contribution >= 0.6 is 11.8 Å². The van der Waals surface area contributed by atoms with E-state index >= 15 is 0 Å². The van der Waals surface area contributed by atoms with Gasteiger partial charge in [-0.25, -0.2) is 0 Å². The number of fused-ring (bicyclic) bond motifs is 1. The van der Waals surface area contributed by atoms with Gasteiger partial charge in [0, 0.05) is 37.0 Å². The average Bonchev–Trinajstić information content (AvgIpc) is 3.42. The maximum absolute atomic E-state index is 14.0. The van der Waals surface area contributed by atoms with Crippen LogP contribution in [0.15, 0.2) is 12.2 Å². The van der Waals surface area contributed by atoms with Gasteiger partial charge in [-0.05, 0) is 39.0 Å². The van der Waals surface area contributed by atoms with Crippen molar-refractivity contribution in [3.8, 4) is 0 Å². The van der Waals surface area contributed by atoms with Crippen molar-refractivity contribution in [2.24, 2.45) is 23.0 Å². The summed E-state index contributed by atoms with van der Waals surface area (Å²) in [6.45, 7) is 1.20. The van der Waals surface area contributed by atoms with Gasteiger partial charge in [-0.1, -0.05) is 23.9 Å². The third-order valence-electron chi connectivity index (χ3n) is 8.21. The Morgan fingerprint density at radius 1 is 1.23 bits per heavy atom. The van der Waals surface area contributed by atoms with Crippen molar-refractivity contribution in [1.29, 1.82) is 0 Å². The number of nitrogens with one attached hydrogen (secondary N) is 2. The van der Waals surface area contributed by atoms with Gasteiger partial charge in [0.25, 0.3) is 0 Å². The highest BCUT2D eigenvalue weighted by molar-refractivity contribution is 8.13. The highest BCUT2D eigenvalue weighted by atomic mass is 32.2. The number of nitrogens with two attached hydrogens (primary N) is 1. The largest absolute Gasteiger partial charge is 0.480 e. The first-order valence-electron chi connectivity index (χ1n) is 13.3. The Morgan fingerprint density at radius 3 is 2.58 bits per heavy atom. The molecule has 3 aliphatic rings. The van der Waals surface area contributed by atoms with Crippen molar-refractivity contribution in [2.75, 3.05) is 18.9 Å². The number of rotatable bonds is 13. The Morgan fingerprint density at radius 2 is 1.95 bits per heavy atom. The first kappa shape index (κ1) is 31.7. The third kappa shape index (κ3) is 6.56. The van der Waals surface area contributed by atoms with E-state index in [0.717, 1.165) is 12.8 Å². The molecule has 14 heteroatoms. The number of aliphatic hydroxyl groups excluding tert-OH is 1. The van der Waals surface area contributed by atoms with Gasteiger partial charge in [-0.3, -0.25) is 28.8 Å². The molecular formula is C26H37N3O10S. The molecule has 0 spiro atoms. The van der Waals surface area contributed by atoms with Crippen LogP contribution in [0, 0.1) is 17.3 Å². The van der Waals surface area contributed by atoms with Gasteiger partial charge < -0.3 is 36.4 Å². The minimum Gasteiger partial charge on any atom is -0.480 e. The molecule has 1 heterocycles. The summed E-state index contributed by atoms with van der Waals surface area (Å²) in [7, 11) is 0. The number of carbonyl (C=O) groups excluding carboxylic acids is 4. The molecule has 40 heavy (non-hydrogen) atoms. The van der Waals surface area contributed by atoms with E-state index in [1.165, 1.54) is 0 Å². The normalized spacial score (nSPS) is 29.7. The van der Waals surface area contributed by atoms with Gasteiger partial charge in [0.05, 0.1) is 11.7 Å². The van der Waals surface area contributed by atoms with Crippen LogP contribution in [0.1, 0.15) is 51.9 Å². The maximum atomic E-state index is 14.0. The molecule has 2 aliphatic carbocycles. The number of hydrogen-bond acceptors (Lipinski definition) is 10. The van der Waals surface area contributed by atoms with Gasteiger partial charge in [0.1, 0.15) is 29.8 Å². The smallest absolute Gasteiger partial charge is 0.322 e. The summed E-state index contributed by atoms with van der Waals surface area (Å²) in [4.78, 5) is 74.3. The predicted octanol–water partition coefficient (Wildman–Crippen LogP) is -0.404. The lowest BCUT2D eigenvalue weighted by Crippen LogP contribution is -2.58. The van der Waals surface area contributed by atoms with Crippen molar-refractivity contribution in [3.63, 3.8) is 0 Å². The van der Waals surface area contributed by atoms with Gasteiger partial charge >= 0.3 is 11.9 Å². The number of allylic oxidation sites excluding steroid dienone is 1. The third-order valence-corrected chi connectivity index (χ3v) is 9.34. The first-order valence-corrected chi connectivity index (χ1v) is 14.3. The van der Waals surface area contributed by atoms with Crippen LogP contribution in [0.4, 0.5) is 0 Å². The average molecular weight is 584 g/mol. The van der Waals surface area contributed by atoms with Crippen LogP contribution in [-0.4, -0.2) is 92.7 Å². The maximum Gasteiger partial charge on any atom is 0.322 e. The number of hydrogen-bond donors (Lipinski definition) is 6. The summed E-state index contributed by atoms with van der Waals surface area (Å²) in [6.07, 6.45) is 4.52. The molecule has 0 bridgehead atoms. The first-order chi connectivity index (χ1) is 18.8. The Labute approximate surface area is 235 Å². The summed E-state index contributed by atoms with van der Waals surface area (Å²) in [6, 6.07) is -2.66. The molecule has 0 aromatic heterocycles. The molecule has 2 fully saturated rings. The molecule has 3 rings (SSSR count). The van der Waals surface area contributed by atoms with Crippen molar-refractivity contribution in [3.05, 3.63) is 12.2 Å². The fourth-order valence-electron chi connectivity index (χ4n) is 5.94. The van der Waals surface area contributed by atoms with Crippen LogP contribution in [0.3, 0.4) is 0 Å². The molecule has 1 saturated carbocycles. The second-order valence-corrected chi connectivity index (χ2v) is 11.7. The van der Waals surface area contributed by atoms with Crippen LogP contribution in [0.25, 0.3) is 0 Å². The molecule has 0 aromatic rings. The van der Waals surface area contributed by atoms with E-state index in [1.54, 1.807) is 6.92 Å². The van der Waals surface area contributed by atoms with E-state index in [0.29, 0.717) is 24.6 Å². The van der Waals surface area contributed by atoms with Crippen molar-refractivity contribution in [1.82, 2.24) is 10.6 Å². The summed E-state index contributed by atoms with van der Waals surface area (Å²) < 4.78 is 6.03. The fourth-order valence-corrected chi connectivity index (χ4v) is 7.15. The standard InChI is InChI=1S/C26H37N3O10S/c1-25-15(9-10-39-25)18(30)11-26(25,21(34)14-5-3-2-4-6-14)24(38)40-13-17(22(35)28-12-20(32)33)29-19(31)8-7-16(27)23(36)37/h3,5,14-17,21,34H,2,4,6-13,27H2,1H3,(H,28,35)(H,29,31)(H,32,33)(H,36,37)/t14?,15-,16?,17?,21?,25-,26?/m0/s1. The fraction of sp³-hybridized carbons (Fsp3) is 0.692. The lowest BCUT2D eigenvalue weighted by Gasteiger charge is -2.46.